The number of ether oxygens (including phenoxy) is 1. The molecule has 0 radical (unpaired) electrons. The van der Waals surface area contributed by atoms with Crippen LogP contribution in [0.25, 0.3) is 10.8 Å². The summed E-state index contributed by atoms with van der Waals surface area (Å²) in [6.07, 6.45) is 2.39. The second-order valence-corrected chi connectivity index (χ2v) is 7.01. The molecule has 24 heavy (non-hydrogen) atoms. The van der Waals surface area contributed by atoms with Crippen molar-refractivity contribution < 1.29 is 4.74 Å². The standard InChI is InChI=1S/C20H25N3O/c1-21-19(23-11-9-20(14-23)10-12-24-15-20)22-13-17-7-4-6-16-5-2-3-8-18(16)17/h2-8H,9-15H2,1H3,(H,21,22). The molecule has 2 heterocycles. The summed E-state index contributed by atoms with van der Waals surface area (Å²) in [5, 5.41) is 6.16. The fourth-order valence-electron chi connectivity index (χ4n) is 4.04. The molecule has 1 atom stereocenters. The molecule has 1 N–H and O–H groups in total. The highest BCUT2D eigenvalue weighted by Crippen LogP contribution is 2.38. The third-order valence-corrected chi connectivity index (χ3v) is 5.45. The lowest BCUT2D eigenvalue weighted by atomic mass is 9.87. The van der Waals surface area contributed by atoms with E-state index in [2.05, 4.69) is 57.7 Å². The summed E-state index contributed by atoms with van der Waals surface area (Å²) in [6, 6.07) is 15.0. The van der Waals surface area contributed by atoms with Gasteiger partial charge in [-0.2, -0.15) is 0 Å². The van der Waals surface area contributed by atoms with E-state index in [9.17, 15) is 0 Å². The minimum Gasteiger partial charge on any atom is -0.381 e. The summed E-state index contributed by atoms with van der Waals surface area (Å²) in [5.41, 5.74) is 1.67. The summed E-state index contributed by atoms with van der Waals surface area (Å²) in [6.45, 7) is 4.74. The Morgan fingerprint density at radius 3 is 2.92 bits per heavy atom. The molecular weight excluding hydrogens is 298 g/mol. The van der Waals surface area contributed by atoms with Crippen molar-refractivity contribution in [3.8, 4) is 0 Å². The van der Waals surface area contributed by atoms with E-state index >= 15 is 0 Å². The maximum Gasteiger partial charge on any atom is 0.193 e. The zero-order chi connectivity index (χ0) is 16.4. The monoisotopic (exact) mass is 323 g/mol. The maximum absolute atomic E-state index is 5.63. The number of hydrogen-bond acceptors (Lipinski definition) is 2. The van der Waals surface area contributed by atoms with E-state index in [-0.39, 0.29) is 0 Å². The molecule has 0 saturated carbocycles. The van der Waals surface area contributed by atoms with E-state index in [0.717, 1.165) is 38.8 Å². The predicted molar refractivity (Wildman–Crippen MR) is 98.2 cm³/mol. The zero-order valence-electron chi connectivity index (χ0n) is 14.3. The van der Waals surface area contributed by atoms with Gasteiger partial charge in [0.25, 0.3) is 0 Å². The van der Waals surface area contributed by atoms with Gasteiger partial charge in [0, 0.05) is 38.7 Å². The van der Waals surface area contributed by atoms with Crippen molar-refractivity contribution in [2.75, 3.05) is 33.4 Å². The summed E-state index contributed by atoms with van der Waals surface area (Å²) in [7, 11) is 1.88. The zero-order valence-corrected chi connectivity index (χ0v) is 14.3. The van der Waals surface area contributed by atoms with E-state index < -0.39 is 0 Å². The average molecular weight is 323 g/mol. The number of rotatable bonds is 2. The van der Waals surface area contributed by atoms with Crippen LogP contribution in [0.4, 0.5) is 0 Å². The van der Waals surface area contributed by atoms with Crippen LogP contribution in [-0.4, -0.2) is 44.2 Å². The van der Waals surface area contributed by atoms with Crippen molar-refractivity contribution in [2.45, 2.75) is 19.4 Å². The third-order valence-electron chi connectivity index (χ3n) is 5.45. The first kappa shape index (κ1) is 15.5. The molecule has 2 saturated heterocycles. The molecule has 0 aromatic heterocycles. The molecule has 1 spiro atoms. The second kappa shape index (κ2) is 6.44. The summed E-state index contributed by atoms with van der Waals surface area (Å²) in [4.78, 5) is 6.90. The Hall–Kier alpha value is -2.07. The van der Waals surface area contributed by atoms with Crippen LogP contribution in [-0.2, 0) is 11.3 Å². The Balaban J connectivity index is 1.46. The Kier molecular flexibility index (Phi) is 4.15. The van der Waals surface area contributed by atoms with E-state index in [0.29, 0.717) is 5.41 Å². The van der Waals surface area contributed by atoms with Crippen LogP contribution in [0.1, 0.15) is 18.4 Å². The van der Waals surface area contributed by atoms with E-state index in [1.165, 1.54) is 29.2 Å². The number of guanidine groups is 1. The van der Waals surface area contributed by atoms with Gasteiger partial charge in [0.05, 0.1) is 6.61 Å². The number of fused-ring (bicyclic) bond motifs is 1. The van der Waals surface area contributed by atoms with Crippen molar-refractivity contribution in [1.82, 2.24) is 10.2 Å². The second-order valence-electron chi connectivity index (χ2n) is 7.01. The van der Waals surface area contributed by atoms with Gasteiger partial charge in [-0.15, -0.1) is 0 Å². The molecule has 2 aromatic carbocycles. The number of nitrogens with zero attached hydrogens (tertiary/aromatic N) is 2. The van der Waals surface area contributed by atoms with Gasteiger partial charge in [-0.3, -0.25) is 4.99 Å². The normalized spacial score (nSPS) is 24.2. The van der Waals surface area contributed by atoms with Crippen LogP contribution < -0.4 is 5.32 Å². The highest BCUT2D eigenvalue weighted by molar-refractivity contribution is 5.86. The number of nitrogens with one attached hydrogen (secondary N) is 1. The van der Waals surface area contributed by atoms with Crippen LogP contribution in [0.2, 0.25) is 0 Å². The number of hydrogen-bond donors (Lipinski definition) is 1. The van der Waals surface area contributed by atoms with Gasteiger partial charge < -0.3 is 15.0 Å². The first-order chi connectivity index (χ1) is 11.8. The largest absolute Gasteiger partial charge is 0.381 e. The van der Waals surface area contributed by atoms with Gasteiger partial charge in [-0.05, 0) is 29.2 Å². The Bertz CT molecular complexity index is 744. The lowest BCUT2D eigenvalue weighted by molar-refractivity contribution is 0.156. The third kappa shape index (κ3) is 2.86. The van der Waals surface area contributed by atoms with Gasteiger partial charge in [0.1, 0.15) is 0 Å². The van der Waals surface area contributed by atoms with Gasteiger partial charge >= 0.3 is 0 Å². The van der Waals surface area contributed by atoms with Gasteiger partial charge in [-0.1, -0.05) is 42.5 Å². The minimum atomic E-state index is 0.358. The SMILES string of the molecule is CN=C(NCc1cccc2ccccc12)N1CCC2(CCOC2)C1. The molecule has 2 aliphatic rings. The molecule has 4 heteroatoms. The van der Waals surface area contributed by atoms with Gasteiger partial charge in [0.2, 0.25) is 0 Å². The molecule has 2 aromatic rings. The molecule has 0 aliphatic carbocycles. The molecule has 4 rings (SSSR count). The van der Waals surface area contributed by atoms with Crippen LogP contribution in [0, 0.1) is 5.41 Å². The molecule has 0 amide bonds. The molecule has 4 nitrogen and oxygen atoms in total. The van der Waals surface area contributed by atoms with Gasteiger partial charge in [-0.25, -0.2) is 0 Å². The van der Waals surface area contributed by atoms with E-state index in [4.69, 9.17) is 4.74 Å². The van der Waals surface area contributed by atoms with Crippen molar-refractivity contribution in [3.05, 3.63) is 48.0 Å². The quantitative estimate of drug-likeness (QED) is 0.682. The van der Waals surface area contributed by atoms with Crippen LogP contribution in [0.5, 0.6) is 0 Å². The maximum atomic E-state index is 5.63. The molecular formula is C20H25N3O. The first-order valence-electron chi connectivity index (χ1n) is 8.80. The molecule has 2 fully saturated rings. The average Bonchev–Trinajstić information content (AvgIpc) is 3.26. The molecule has 2 aliphatic heterocycles. The molecule has 1 unspecified atom stereocenters. The van der Waals surface area contributed by atoms with E-state index in [1.54, 1.807) is 0 Å². The molecule has 0 bridgehead atoms. The number of benzene rings is 2. The lowest BCUT2D eigenvalue weighted by Gasteiger charge is -2.25. The van der Waals surface area contributed by atoms with Gasteiger partial charge in [0.15, 0.2) is 5.96 Å². The Morgan fingerprint density at radius 2 is 2.08 bits per heavy atom. The number of aliphatic imine (C=N–C) groups is 1. The lowest BCUT2D eigenvalue weighted by Crippen LogP contribution is -2.41. The fourth-order valence-corrected chi connectivity index (χ4v) is 4.04. The minimum absolute atomic E-state index is 0.358. The van der Waals surface area contributed by atoms with Crippen LogP contribution in [0.15, 0.2) is 47.5 Å². The Morgan fingerprint density at radius 1 is 1.21 bits per heavy atom. The summed E-state index contributed by atoms with van der Waals surface area (Å²) >= 11 is 0. The number of likely N-dealkylation sites (tertiary alicyclic amines) is 1. The highest BCUT2D eigenvalue weighted by Gasteiger charge is 2.42. The summed E-state index contributed by atoms with van der Waals surface area (Å²) < 4.78 is 5.63. The van der Waals surface area contributed by atoms with Crippen LogP contribution >= 0.6 is 0 Å². The first-order valence-corrected chi connectivity index (χ1v) is 8.80. The van der Waals surface area contributed by atoms with Crippen molar-refractivity contribution >= 4 is 16.7 Å². The Labute approximate surface area is 143 Å². The smallest absolute Gasteiger partial charge is 0.193 e. The van der Waals surface area contributed by atoms with Crippen molar-refractivity contribution in [2.24, 2.45) is 10.4 Å². The highest BCUT2D eigenvalue weighted by atomic mass is 16.5. The predicted octanol–water partition coefficient (Wildman–Crippen LogP) is 3.03. The summed E-state index contributed by atoms with van der Waals surface area (Å²) in [5.74, 6) is 1.01. The van der Waals surface area contributed by atoms with E-state index in [1.807, 2.05) is 7.05 Å². The van der Waals surface area contributed by atoms with Crippen LogP contribution in [0.3, 0.4) is 0 Å². The van der Waals surface area contributed by atoms with Crippen molar-refractivity contribution in [1.29, 1.82) is 0 Å². The molecule has 126 valence electrons. The topological polar surface area (TPSA) is 36.9 Å². The van der Waals surface area contributed by atoms with Crippen molar-refractivity contribution in [3.63, 3.8) is 0 Å². The fraction of sp³-hybridized carbons (Fsp3) is 0.450.